The molecule has 0 bridgehead atoms. The van der Waals surface area contributed by atoms with Crippen LogP contribution < -0.4 is 5.32 Å². The average molecular weight is 231 g/mol. The van der Waals surface area contributed by atoms with E-state index < -0.39 is 0 Å². The Balaban J connectivity index is 2.98. The largest absolute Gasteiger partial charge is 0.345 e. The highest BCUT2D eigenvalue weighted by Gasteiger charge is 1.93. The Kier molecular flexibility index (Phi) is 4.87. The Bertz CT molecular complexity index is 58.9. The quantitative estimate of drug-likeness (QED) is 0.435. The number of alkyl halides is 2. The van der Waals surface area contributed by atoms with E-state index in [2.05, 4.69) is 37.2 Å². The lowest BCUT2D eigenvalue weighted by molar-refractivity contribution is -0.109. The summed E-state index contributed by atoms with van der Waals surface area (Å²) in [6, 6.07) is 0. The molecule has 7 heavy (non-hydrogen) atoms. The Labute approximate surface area is 58.9 Å². The van der Waals surface area contributed by atoms with Gasteiger partial charge in [0.15, 0.2) is 0 Å². The van der Waals surface area contributed by atoms with Crippen molar-refractivity contribution in [3.8, 4) is 0 Å². The molecule has 0 fully saturated rings. The van der Waals surface area contributed by atoms with Crippen molar-refractivity contribution in [2.24, 2.45) is 0 Å². The van der Waals surface area contributed by atoms with Gasteiger partial charge in [0.2, 0.25) is 6.41 Å². The third-order valence-electron chi connectivity index (χ3n) is 0.384. The lowest BCUT2D eigenvalue weighted by atomic mass is 10.8. The van der Waals surface area contributed by atoms with E-state index in [-0.39, 0.29) is 4.95 Å². The maximum Gasteiger partial charge on any atom is 0.208 e. The summed E-state index contributed by atoms with van der Waals surface area (Å²) < 4.78 is 0. The summed E-state index contributed by atoms with van der Waals surface area (Å²) in [7, 11) is 0. The smallest absolute Gasteiger partial charge is 0.208 e. The van der Waals surface area contributed by atoms with Crippen molar-refractivity contribution in [3.05, 3.63) is 0 Å². The fourth-order valence-corrected chi connectivity index (χ4v) is 0.413. The summed E-state index contributed by atoms with van der Waals surface area (Å²) in [5, 5.41) is 3.21. The molecule has 42 valence electrons. The normalized spacial score (nSPS) is 12.9. The van der Waals surface area contributed by atoms with E-state index in [1.807, 2.05) is 0 Å². The van der Waals surface area contributed by atoms with Gasteiger partial charge in [-0.3, -0.25) is 4.79 Å². The number of carbonyl (C=O) groups excluding carboxylic acids is 1. The molecule has 0 aliphatic heterocycles. The first kappa shape index (κ1) is 7.43. The molecule has 0 saturated carbocycles. The van der Waals surface area contributed by atoms with Crippen molar-refractivity contribution in [2.75, 3.05) is 5.33 Å². The maximum absolute atomic E-state index is 9.61. The standard InChI is InChI=1S/C3H5Br2NO/c4-1-3(5)6-2-7/h2-3H,1H2,(H,6,7). The second-order valence-corrected chi connectivity index (χ2v) is 2.66. The van der Waals surface area contributed by atoms with Gasteiger partial charge in [0.05, 0.1) is 4.95 Å². The molecule has 0 aliphatic carbocycles. The molecule has 0 rings (SSSR count). The predicted octanol–water partition coefficient (Wildman–Crippen LogP) is 0.848. The summed E-state index contributed by atoms with van der Waals surface area (Å²) in [4.78, 5) is 9.67. The number of halogens is 2. The Hall–Kier alpha value is 0.430. The minimum absolute atomic E-state index is 0.0602. The van der Waals surface area contributed by atoms with Crippen LogP contribution >= 0.6 is 31.9 Å². The van der Waals surface area contributed by atoms with E-state index in [0.717, 1.165) is 5.33 Å². The zero-order chi connectivity index (χ0) is 5.70. The summed E-state index contributed by atoms with van der Waals surface area (Å²) >= 11 is 6.30. The maximum atomic E-state index is 9.61. The summed E-state index contributed by atoms with van der Waals surface area (Å²) in [5.74, 6) is 0. The van der Waals surface area contributed by atoms with Crippen LogP contribution in [0.2, 0.25) is 0 Å². The molecule has 0 aromatic heterocycles. The van der Waals surface area contributed by atoms with Gasteiger partial charge in [-0.1, -0.05) is 31.9 Å². The third-order valence-corrected chi connectivity index (χ3v) is 2.49. The minimum Gasteiger partial charge on any atom is -0.345 e. The number of hydrogen-bond acceptors (Lipinski definition) is 1. The van der Waals surface area contributed by atoms with Crippen LogP contribution in [0.1, 0.15) is 0 Å². The highest BCUT2D eigenvalue weighted by atomic mass is 79.9. The molecule has 1 amide bonds. The van der Waals surface area contributed by atoms with Crippen LogP contribution in [-0.2, 0) is 4.79 Å². The van der Waals surface area contributed by atoms with Gasteiger partial charge >= 0.3 is 0 Å². The molecule has 2 nitrogen and oxygen atoms in total. The van der Waals surface area contributed by atoms with Crippen LogP contribution in [0.25, 0.3) is 0 Å². The van der Waals surface area contributed by atoms with Crippen LogP contribution in [0.4, 0.5) is 0 Å². The van der Waals surface area contributed by atoms with Gasteiger partial charge in [-0.15, -0.1) is 0 Å². The van der Waals surface area contributed by atoms with Crippen LogP contribution in [-0.4, -0.2) is 16.7 Å². The lowest BCUT2D eigenvalue weighted by Crippen LogP contribution is -2.22. The van der Waals surface area contributed by atoms with Gasteiger partial charge in [-0.25, -0.2) is 0 Å². The van der Waals surface area contributed by atoms with Crippen LogP contribution in [0, 0.1) is 0 Å². The topological polar surface area (TPSA) is 29.1 Å². The van der Waals surface area contributed by atoms with Gasteiger partial charge in [0.25, 0.3) is 0 Å². The monoisotopic (exact) mass is 229 g/mol. The van der Waals surface area contributed by atoms with E-state index in [1.165, 1.54) is 0 Å². The molecular formula is C3H5Br2NO. The predicted molar refractivity (Wildman–Crippen MR) is 35.7 cm³/mol. The van der Waals surface area contributed by atoms with Crippen molar-refractivity contribution in [3.63, 3.8) is 0 Å². The lowest BCUT2D eigenvalue weighted by Gasteiger charge is -1.99. The fourth-order valence-electron chi connectivity index (χ4n) is 0.118. The van der Waals surface area contributed by atoms with E-state index in [1.54, 1.807) is 0 Å². The Morgan fingerprint density at radius 1 is 1.86 bits per heavy atom. The first-order chi connectivity index (χ1) is 3.31. The van der Waals surface area contributed by atoms with Crippen molar-refractivity contribution < 1.29 is 4.79 Å². The second kappa shape index (κ2) is 4.59. The molecule has 0 radical (unpaired) electrons. The third kappa shape index (κ3) is 4.28. The van der Waals surface area contributed by atoms with Crippen LogP contribution in [0.15, 0.2) is 0 Å². The molecule has 0 aromatic carbocycles. The number of amides is 1. The van der Waals surface area contributed by atoms with Gasteiger partial charge in [0, 0.05) is 5.33 Å². The molecule has 0 heterocycles. The van der Waals surface area contributed by atoms with Gasteiger partial charge in [-0.2, -0.15) is 0 Å². The average Bonchev–Trinajstić information content (AvgIpc) is 1.68. The zero-order valence-electron chi connectivity index (χ0n) is 3.53. The highest BCUT2D eigenvalue weighted by Crippen LogP contribution is 1.96. The Morgan fingerprint density at radius 3 is 2.57 bits per heavy atom. The zero-order valence-corrected chi connectivity index (χ0v) is 6.70. The molecule has 4 heteroatoms. The van der Waals surface area contributed by atoms with Crippen molar-refractivity contribution >= 4 is 38.3 Å². The molecule has 1 N–H and O–H groups in total. The molecule has 0 aliphatic rings. The van der Waals surface area contributed by atoms with Crippen molar-refractivity contribution in [2.45, 2.75) is 4.95 Å². The van der Waals surface area contributed by atoms with Gasteiger partial charge in [-0.05, 0) is 0 Å². The Morgan fingerprint density at radius 2 is 2.43 bits per heavy atom. The van der Waals surface area contributed by atoms with Crippen molar-refractivity contribution in [1.82, 2.24) is 5.32 Å². The molecule has 0 spiro atoms. The van der Waals surface area contributed by atoms with Crippen LogP contribution in [0.5, 0.6) is 0 Å². The molecule has 1 unspecified atom stereocenters. The second-order valence-electron chi connectivity index (χ2n) is 0.906. The van der Waals surface area contributed by atoms with E-state index >= 15 is 0 Å². The molecule has 0 saturated heterocycles. The summed E-state index contributed by atoms with van der Waals surface area (Å²) in [6.45, 7) is 0. The van der Waals surface area contributed by atoms with E-state index in [0.29, 0.717) is 6.41 Å². The van der Waals surface area contributed by atoms with E-state index in [4.69, 9.17) is 0 Å². The SMILES string of the molecule is O=CNC(Br)CBr. The number of rotatable bonds is 3. The summed E-state index contributed by atoms with van der Waals surface area (Å²) in [6.07, 6.45) is 0.653. The first-order valence-corrected chi connectivity index (χ1v) is 3.74. The first-order valence-electron chi connectivity index (χ1n) is 1.71. The minimum atomic E-state index is 0.0602. The molecule has 0 aromatic rings. The number of carbonyl (C=O) groups is 1. The van der Waals surface area contributed by atoms with Gasteiger partial charge < -0.3 is 5.32 Å². The number of nitrogens with one attached hydrogen (secondary N) is 1. The van der Waals surface area contributed by atoms with Crippen LogP contribution in [0.3, 0.4) is 0 Å². The fraction of sp³-hybridized carbons (Fsp3) is 0.667. The highest BCUT2D eigenvalue weighted by molar-refractivity contribution is 9.12. The van der Waals surface area contributed by atoms with Gasteiger partial charge in [0.1, 0.15) is 0 Å². The summed E-state index contributed by atoms with van der Waals surface area (Å²) in [5.41, 5.74) is 0. The molecule has 1 atom stereocenters. The molecular weight excluding hydrogens is 226 g/mol. The van der Waals surface area contributed by atoms with Crippen molar-refractivity contribution in [1.29, 1.82) is 0 Å². The van der Waals surface area contributed by atoms with E-state index in [9.17, 15) is 4.79 Å². The number of hydrogen-bond donors (Lipinski definition) is 1.